The molecular weight excluding hydrogens is 386 g/mol. The quantitative estimate of drug-likeness (QED) is 0.468. The minimum atomic E-state index is 0.746. The number of nitrogens with zero attached hydrogens (tertiary/aromatic N) is 4. The molecule has 0 amide bonds. The minimum absolute atomic E-state index is 0.746. The first kappa shape index (κ1) is 13.9. The van der Waals surface area contributed by atoms with E-state index in [0.29, 0.717) is 0 Å². The summed E-state index contributed by atoms with van der Waals surface area (Å²) in [6, 6.07) is 18.3. The van der Waals surface area contributed by atoms with Crippen molar-refractivity contribution >= 4 is 43.1 Å². The molecule has 0 atom stereocenters. The molecular formula is C17H10BrN5S. The van der Waals surface area contributed by atoms with Gasteiger partial charge in [0.1, 0.15) is 0 Å². The highest BCUT2D eigenvalue weighted by Gasteiger charge is 2.15. The lowest BCUT2D eigenvalue weighted by atomic mass is 10.2. The van der Waals surface area contributed by atoms with E-state index in [1.165, 1.54) is 16.7 Å². The maximum Gasteiger partial charge on any atom is 0.235 e. The van der Waals surface area contributed by atoms with E-state index in [9.17, 15) is 0 Å². The van der Waals surface area contributed by atoms with Gasteiger partial charge in [-0.25, -0.2) is 0 Å². The van der Waals surface area contributed by atoms with Gasteiger partial charge in [0.05, 0.1) is 5.69 Å². The molecule has 0 saturated heterocycles. The lowest BCUT2D eigenvalue weighted by Crippen LogP contribution is -1.90. The number of nitrogens with one attached hydrogen (secondary N) is 1. The number of hydrogen-bond donors (Lipinski definition) is 1. The zero-order chi connectivity index (χ0) is 16.1. The molecule has 0 unspecified atom stereocenters. The van der Waals surface area contributed by atoms with Crippen molar-refractivity contribution in [2.45, 2.75) is 0 Å². The Labute approximate surface area is 149 Å². The zero-order valence-corrected chi connectivity index (χ0v) is 14.7. The molecule has 5 aromatic rings. The van der Waals surface area contributed by atoms with Crippen LogP contribution in [0.1, 0.15) is 0 Å². The van der Waals surface area contributed by atoms with Gasteiger partial charge in [-0.2, -0.15) is 9.61 Å². The lowest BCUT2D eigenvalue weighted by Gasteiger charge is -1.97. The summed E-state index contributed by atoms with van der Waals surface area (Å²) in [4.78, 5) is 4.19. The Morgan fingerprint density at radius 2 is 1.83 bits per heavy atom. The van der Waals surface area contributed by atoms with Crippen molar-refractivity contribution in [2.24, 2.45) is 0 Å². The van der Waals surface area contributed by atoms with Gasteiger partial charge < -0.3 is 4.98 Å². The monoisotopic (exact) mass is 395 g/mol. The SMILES string of the molecule is Brc1ccc(-c2nnc3sc(-c4cc5ccccc5[nH]4)nn23)cc1. The van der Waals surface area contributed by atoms with Crippen LogP contribution in [-0.4, -0.2) is 24.8 Å². The first-order valence-electron chi connectivity index (χ1n) is 7.34. The van der Waals surface area contributed by atoms with E-state index in [1.807, 2.05) is 36.4 Å². The first-order valence-corrected chi connectivity index (χ1v) is 8.95. The van der Waals surface area contributed by atoms with Gasteiger partial charge in [0.15, 0.2) is 10.8 Å². The minimum Gasteiger partial charge on any atom is -0.353 e. The van der Waals surface area contributed by atoms with Crippen molar-refractivity contribution in [1.29, 1.82) is 0 Å². The van der Waals surface area contributed by atoms with Gasteiger partial charge >= 0.3 is 0 Å². The van der Waals surface area contributed by atoms with E-state index in [1.54, 1.807) is 4.52 Å². The zero-order valence-electron chi connectivity index (χ0n) is 12.3. The molecule has 5 rings (SSSR count). The highest BCUT2D eigenvalue weighted by atomic mass is 79.9. The molecule has 0 fully saturated rings. The van der Waals surface area contributed by atoms with Crippen LogP contribution in [0.25, 0.3) is 38.0 Å². The van der Waals surface area contributed by atoms with Crippen LogP contribution in [0.3, 0.4) is 0 Å². The Hall–Kier alpha value is -2.51. The van der Waals surface area contributed by atoms with Gasteiger partial charge in [0, 0.05) is 20.9 Å². The average Bonchev–Trinajstić information content (AvgIpc) is 3.28. The maximum absolute atomic E-state index is 4.70. The van der Waals surface area contributed by atoms with Crippen molar-refractivity contribution in [2.75, 3.05) is 0 Å². The van der Waals surface area contributed by atoms with Crippen LogP contribution in [0.15, 0.2) is 59.1 Å². The number of aromatic amines is 1. The molecule has 0 aliphatic rings. The second-order valence-electron chi connectivity index (χ2n) is 5.40. The molecule has 0 bridgehead atoms. The summed E-state index contributed by atoms with van der Waals surface area (Å²) in [5, 5.41) is 15.3. The summed E-state index contributed by atoms with van der Waals surface area (Å²) in [5.41, 5.74) is 3.08. The Morgan fingerprint density at radius 3 is 2.67 bits per heavy atom. The van der Waals surface area contributed by atoms with Gasteiger partial charge in [-0.3, -0.25) is 0 Å². The van der Waals surface area contributed by atoms with Gasteiger partial charge in [0.2, 0.25) is 4.96 Å². The van der Waals surface area contributed by atoms with Crippen molar-refractivity contribution in [1.82, 2.24) is 24.8 Å². The number of fused-ring (bicyclic) bond motifs is 2. The molecule has 7 heteroatoms. The third-order valence-electron chi connectivity index (χ3n) is 3.85. The van der Waals surface area contributed by atoms with Crippen LogP contribution in [0, 0.1) is 0 Å². The summed E-state index contributed by atoms with van der Waals surface area (Å²) >= 11 is 4.97. The van der Waals surface area contributed by atoms with E-state index in [0.717, 1.165) is 37.0 Å². The Balaban J connectivity index is 1.65. The summed E-state index contributed by atoms with van der Waals surface area (Å²) in [5.74, 6) is 0.746. The van der Waals surface area contributed by atoms with Gasteiger partial charge in [-0.15, -0.1) is 10.2 Å². The predicted octanol–water partition coefficient (Wildman–Crippen LogP) is 4.76. The van der Waals surface area contributed by atoms with Crippen LogP contribution in [0.2, 0.25) is 0 Å². The maximum atomic E-state index is 4.70. The van der Waals surface area contributed by atoms with Gasteiger partial charge in [-0.1, -0.05) is 57.6 Å². The van der Waals surface area contributed by atoms with Crippen LogP contribution in [0.4, 0.5) is 0 Å². The Bertz CT molecular complexity index is 1140. The van der Waals surface area contributed by atoms with Crippen LogP contribution in [-0.2, 0) is 0 Å². The predicted molar refractivity (Wildman–Crippen MR) is 99.1 cm³/mol. The summed E-state index contributed by atoms with van der Waals surface area (Å²) in [6.45, 7) is 0. The van der Waals surface area contributed by atoms with E-state index in [2.05, 4.69) is 49.3 Å². The third kappa shape index (κ3) is 2.16. The third-order valence-corrected chi connectivity index (χ3v) is 5.31. The molecule has 0 aliphatic carbocycles. The largest absolute Gasteiger partial charge is 0.353 e. The smallest absolute Gasteiger partial charge is 0.235 e. The Morgan fingerprint density at radius 1 is 1.00 bits per heavy atom. The van der Waals surface area contributed by atoms with Crippen molar-refractivity contribution in [3.8, 4) is 22.1 Å². The number of halogens is 1. The topological polar surface area (TPSA) is 58.9 Å². The molecule has 116 valence electrons. The number of hydrogen-bond acceptors (Lipinski definition) is 4. The lowest BCUT2D eigenvalue weighted by molar-refractivity contribution is 0.968. The Kier molecular flexibility index (Phi) is 3.04. The summed E-state index contributed by atoms with van der Waals surface area (Å²) in [7, 11) is 0. The number of H-pyrrole nitrogens is 1. The van der Waals surface area contributed by atoms with E-state index in [-0.39, 0.29) is 0 Å². The molecule has 3 heterocycles. The molecule has 1 N–H and O–H groups in total. The molecule has 5 nitrogen and oxygen atoms in total. The van der Waals surface area contributed by atoms with Crippen LogP contribution in [0.5, 0.6) is 0 Å². The van der Waals surface area contributed by atoms with Gasteiger partial charge in [-0.05, 0) is 24.3 Å². The average molecular weight is 396 g/mol. The van der Waals surface area contributed by atoms with Gasteiger partial charge in [0.25, 0.3) is 0 Å². The molecule has 0 saturated carbocycles. The molecule has 0 spiro atoms. The van der Waals surface area contributed by atoms with Crippen molar-refractivity contribution in [3.05, 3.63) is 59.1 Å². The molecule has 3 aromatic heterocycles. The van der Waals surface area contributed by atoms with Crippen molar-refractivity contribution in [3.63, 3.8) is 0 Å². The van der Waals surface area contributed by atoms with Crippen molar-refractivity contribution < 1.29 is 0 Å². The fourth-order valence-corrected chi connectivity index (χ4v) is 3.77. The van der Waals surface area contributed by atoms with Crippen LogP contribution < -0.4 is 0 Å². The highest BCUT2D eigenvalue weighted by Crippen LogP contribution is 2.30. The molecule has 2 aromatic carbocycles. The molecule has 0 aliphatic heterocycles. The molecule has 24 heavy (non-hydrogen) atoms. The second-order valence-corrected chi connectivity index (χ2v) is 7.27. The fraction of sp³-hybridized carbons (Fsp3) is 0. The normalized spacial score (nSPS) is 11.5. The fourth-order valence-electron chi connectivity index (χ4n) is 2.69. The number of rotatable bonds is 2. The highest BCUT2D eigenvalue weighted by molar-refractivity contribution is 9.10. The first-order chi connectivity index (χ1) is 11.8. The summed E-state index contributed by atoms with van der Waals surface area (Å²) in [6.07, 6.45) is 0. The van der Waals surface area contributed by atoms with Crippen LogP contribution >= 0.6 is 27.3 Å². The summed E-state index contributed by atoms with van der Waals surface area (Å²) < 4.78 is 2.83. The number of benzene rings is 2. The van der Waals surface area contributed by atoms with E-state index in [4.69, 9.17) is 5.10 Å². The second kappa shape index (κ2) is 5.25. The number of aromatic nitrogens is 5. The van der Waals surface area contributed by atoms with E-state index < -0.39 is 0 Å². The van der Waals surface area contributed by atoms with E-state index >= 15 is 0 Å². The number of para-hydroxylation sites is 1. The molecule has 0 radical (unpaired) electrons. The standard InChI is InChI=1S/C17H10BrN5S/c18-12-7-5-10(6-8-12)15-20-21-17-23(15)22-16(24-17)14-9-11-3-1-2-4-13(11)19-14/h1-9,19H.